The van der Waals surface area contributed by atoms with Crippen molar-refractivity contribution >= 4 is 11.8 Å². The first-order valence-corrected chi connectivity index (χ1v) is 9.04. The third kappa shape index (κ3) is 3.79. The van der Waals surface area contributed by atoms with Crippen molar-refractivity contribution in [1.29, 1.82) is 0 Å². The lowest BCUT2D eigenvalue weighted by atomic mass is 9.79. The number of hydrogen-bond donors (Lipinski definition) is 1. The normalized spacial score (nSPS) is 19.4. The third-order valence-electron chi connectivity index (χ3n) is 4.84. The van der Waals surface area contributed by atoms with Gasteiger partial charge in [-0.3, -0.25) is 0 Å². The van der Waals surface area contributed by atoms with Crippen LogP contribution in [0.25, 0.3) is 0 Å². The van der Waals surface area contributed by atoms with Crippen LogP contribution in [0.15, 0.2) is 30.3 Å². The smallest absolute Gasteiger partial charge is 0.0281 e. The predicted molar refractivity (Wildman–Crippen MR) is 91.6 cm³/mol. The molecule has 0 aliphatic heterocycles. The number of benzene rings is 1. The Morgan fingerprint density at radius 2 is 1.90 bits per heavy atom. The molecule has 1 fully saturated rings. The molecule has 1 N–H and O–H groups in total. The Balaban J connectivity index is 1.86. The van der Waals surface area contributed by atoms with E-state index in [-0.39, 0.29) is 5.41 Å². The van der Waals surface area contributed by atoms with Crippen molar-refractivity contribution in [1.82, 2.24) is 5.32 Å². The van der Waals surface area contributed by atoms with Crippen LogP contribution in [0.3, 0.4) is 0 Å². The van der Waals surface area contributed by atoms with Crippen LogP contribution >= 0.6 is 11.8 Å². The van der Waals surface area contributed by atoms with Gasteiger partial charge in [-0.1, -0.05) is 50.6 Å². The van der Waals surface area contributed by atoms with E-state index in [0.717, 1.165) is 0 Å². The first-order chi connectivity index (χ1) is 9.47. The maximum absolute atomic E-state index is 3.78. The molecule has 1 nitrogen and oxygen atoms in total. The molecule has 2 heteroatoms. The Kier molecular flexibility index (Phi) is 5.19. The van der Waals surface area contributed by atoms with Crippen LogP contribution in [0.2, 0.25) is 0 Å². The monoisotopic (exact) mass is 291 g/mol. The molecule has 112 valence electrons. The van der Waals surface area contributed by atoms with Gasteiger partial charge in [0.05, 0.1) is 0 Å². The van der Waals surface area contributed by atoms with Gasteiger partial charge in [0.15, 0.2) is 0 Å². The van der Waals surface area contributed by atoms with E-state index in [4.69, 9.17) is 0 Å². The highest BCUT2D eigenvalue weighted by Gasteiger charge is 2.36. The summed E-state index contributed by atoms with van der Waals surface area (Å²) in [6.07, 6.45) is 7.62. The Morgan fingerprint density at radius 1 is 1.25 bits per heavy atom. The first kappa shape index (κ1) is 15.9. The molecule has 1 aromatic carbocycles. The topological polar surface area (TPSA) is 12.0 Å². The zero-order valence-corrected chi connectivity index (χ0v) is 14.2. The van der Waals surface area contributed by atoms with Gasteiger partial charge in [-0.05, 0) is 43.4 Å². The Morgan fingerprint density at radius 3 is 2.40 bits per heavy atom. The van der Waals surface area contributed by atoms with Gasteiger partial charge >= 0.3 is 0 Å². The quantitative estimate of drug-likeness (QED) is 0.787. The van der Waals surface area contributed by atoms with Crippen LogP contribution in [-0.2, 0) is 5.41 Å². The average molecular weight is 292 g/mol. The van der Waals surface area contributed by atoms with E-state index in [2.05, 4.69) is 74.4 Å². The van der Waals surface area contributed by atoms with Gasteiger partial charge in [-0.25, -0.2) is 0 Å². The minimum Gasteiger partial charge on any atom is -0.313 e. The van der Waals surface area contributed by atoms with Gasteiger partial charge in [0, 0.05) is 17.3 Å². The van der Waals surface area contributed by atoms with Gasteiger partial charge in [0.25, 0.3) is 0 Å². The largest absolute Gasteiger partial charge is 0.313 e. The number of thioether (sulfide) groups is 1. The molecule has 0 saturated heterocycles. The Labute approximate surface area is 128 Å². The van der Waals surface area contributed by atoms with Crippen molar-refractivity contribution < 1.29 is 0 Å². The van der Waals surface area contributed by atoms with E-state index in [1.807, 2.05) is 0 Å². The molecule has 0 aromatic heterocycles. The second-order valence-electron chi connectivity index (χ2n) is 6.98. The van der Waals surface area contributed by atoms with Crippen molar-refractivity contribution in [3.63, 3.8) is 0 Å². The van der Waals surface area contributed by atoms with Crippen LogP contribution in [-0.4, -0.2) is 23.6 Å². The van der Waals surface area contributed by atoms with Crippen LogP contribution in [0.1, 0.15) is 52.0 Å². The number of rotatable bonds is 7. The van der Waals surface area contributed by atoms with Crippen LogP contribution < -0.4 is 5.32 Å². The number of hydrogen-bond acceptors (Lipinski definition) is 2. The van der Waals surface area contributed by atoms with Gasteiger partial charge in [-0.15, -0.1) is 0 Å². The average Bonchev–Trinajstić information content (AvgIpc) is 2.38. The van der Waals surface area contributed by atoms with Crippen molar-refractivity contribution in [3.8, 4) is 0 Å². The van der Waals surface area contributed by atoms with E-state index >= 15 is 0 Å². The third-order valence-corrected chi connectivity index (χ3v) is 6.26. The van der Waals surface area contributed by atoms with E-state index in [1.165, 1.54) is 37.8 Å². The van der Waals surface area contributed by atoms with Crippen molar-refractivity contribution in [2.24, 2.45) is 0 Å². The second kappa shape index (κ2) is 6.53. The van der Waals surface area contributed by atoms with Gasteiger partial charge in [0.2, 0.25) is 0 Å². The molecule has 0 heterocycles. The second-order valence-corrected chi connectivity index (χ2v) is 8.25. The summed E-state index contributed by atoms with van der Waals surface area (Å²) in [5.74, 6) is 0. The maximum Gasteiger partial charge on any atom is 0.0281 e. The molecule has 1 saturated carbocycles. The summed E-state index contributed by atoms with van der Waals surface area (Å²) in [6, 6.07) is 11.5. The number of nitrogens with one attached hydrogen (secondary N) is 1. The summed E-state index contributed by atoms with van der Waals surface area (Å²) < 4.78 is 0.533. The fourth-order valence-electron chi connectivity index (χ4n) is 3.23. The molecule has 1 atom stereocenters. The van der Waals surface area contributed by atoms with Crippen LogP contribution in [0, 0.1) is 0 Å². The zero-order chi connectivity index (χ0) is 14.6. The summed E-state index contributed by atoms with van der Waals surface area (Å²) >= 11 is 2.05. The minimum absolute atomic E-state index is 0.236. The molecule has 0 amide bonds. The van der Waals surface area contributed by atoms with Gasteiger partial charge in [0.1, 0.15) is 0 Å². The lowest BCUT2D eigenvalue weighted by Gasteiger charge is -2.42. The molecule has 1 aromatic rings. The van der Waals surface area contributed by atoms with E-state index in [1.54, 1.807) is 0 Å². The first-order valence-electron chi connectivity index (χ1n) is 7.82. The summed E-state index contributed by atoms with van der Waals surface area (Å²) in [5.41, 5.74) is 1.68. The lowest BCUT2D eigenvalue weighted by Crippen LogP contribution is -2.47. The predicted octanol–water partition coefficient (Wildman–Crippen LogP) is 4.62. The minimum atomic E-state index is 0.236. The van der Waals surface area contributed by atoms with Gasteiger partial charge in [-0.2, -0.15) is 11.8 Å². The summed E-state index contributed by atoms with van der Waals surface area (Å²) in [6.45, 7) is 8.21. The van der Waals surface area contributed by atoms with E-state index < -0.39 is 0 Å². The molecular formula is C18H29NS. The van der Waals surface area contributed by atoms with E-state index in [0.29, 0.717) is 10.8 Å². The fraction of sp³-hybridized carbons (Fsp3) is 0.667. The molecule has 1 aliphatic carbocycles. The standard InChI is InChI=1S/C18H29NS/c1-15(19-14-18(20-4)11-8-12-18)13-17(2,3)16-9-6-5-7-10-16/h5-7,9-10,15,19H,8,11-14H2,1-4H3. The molecule has 20 heavy (non-hydrogen) atoms. The maximum atomic E-state index is 3.78. The zero-order valence-electron chi connectivity index (χ0n) is 13.4. The summed E-state index contributed by atoms with van der Waals surface area (Å²) in [4.78, 5) is 0. The molecular weight excluding hydrogens is 262 g/mol. The molecule has 0 spiro atoms. The highest BCUT2D eigenvalue weighted by Crippen LogP contribution is 2.42. The lowest BCUT2D eigenvalue weighted by molar-refractivity contribution is 0.312. The van der Waals surface area contributed by atoms with Crippen molar-refractivity contribution in [2.75, 3.05) is 12.8 Å². The summed E-state index contributed by atoms with van der Waals surface area (Å²) in [5, 5.41) is 3.78. The Hall–Kier alpha value is -0.470. The van der Waals surface area contributed by atoms with Crippen LogP contribution in [0.4, 0.5) is 0 Å². The van der Waals surface area contributed by atoms with Crippen molar-refractivity contribution in [3.05, 3.63) is 35.9 Å². The van der Waals surface area contributed by atoms with Crippen LogP contribution in [0.5, 0.6) is 0 Å². The summed E-state index contributed by atoms with van der Waals surface area (Å²) in [7, 11) is 0. The SMILES string of the molecule is CSC1(CNC(C)CC(C)(C)c2ccccc2)CCC1. The Bertz CT molecular complexity index is 403. The molecule has 2 rings (SSSR count). The fourth-order valence-corrected chi connectivity index (χ4v) is 4.15. The molecule has 1 unspecified atom stereocenters. The van der Waals surface area contributed by atoms with Gasteiger partial charge < -0.3 is 5.32 Å². The molecule has 1 aliphatic rings. The highest BCUT2D eigenvalue weighted by atomic mass is 32.2. The molecule has 0 radical (unpaired) electrons. The van der Waals surface area contributed by atoms with E-state index in [9.17, 15) is 0 Å². The highest BCUT2D eigenvalue weighted by molar-refractivity contribution is 8.00. The van der Waals surface area contributed by atoms with Crippen molar-refractivity contribution in [2.45, 2.75) is 62.7 Å². The molecule has 0 bridgehead atoms.